The van der Waals surface area contributed by atoms with Gasteiger partial charge in [0, 0.05) is 63.5 Å². The second-order valence-corrected chi connectivity index (χ2v) is 13.1. The summed E-state index contributed by atoms with van der Waals surface area (Å²) in [5, 5.41) is 10.3. The highest BCUT2D eigenvalue weighted by molar-refractivity contribution is 7.88. The van der Waals surface area contributed by atoms with Gasteiger partial charge in [0.25, 0.3) is 0 Å². The first-order valence-electron chi connectivity index (χ1n) is 14.1. The molecule has 4 heterocycles. The molecule has 3 saturated heterocycles. The fourth-order valence-corrected chi connectivity index (χ4v) is 6.96. The molecule has 5 rings (SSSR count). The first kappa shape index (κ1) is 29.8. The molecule has 1 aromatic heterocycles. The zero-order valence-electron chi connectivity index (χ0n) is 24.0. The van der Waals surface area contributed by atoms with Crippen molar-refractivity contribution in [2.75, 3.05) is 64.5 Å². The van der Waals surface area contributed by atoms with Crippen LogP contribution in [0, 0.1) is 11.3 Å². The number of aromatic amines is 1. The molecule has 14 nitrogen and oxygen atoms in total. The number of guanidine groups is 1. The number of ether oxygens (including phenoxy) is 1. The summed E-state index contributed by atoms with van der Waals surface area (Å²) in [6.45, 7) is 3.78. The molecule has 2 amide bonds. The molecule has 228 valence electrons. The number of nitrogens with zero attached hydrogens (tertiary/aromatic N) is 5. The molecule has 0 bridgehead atoms. The molecular formula is C27H39N9O5S. The molecule has 2 aromatic rings. The number of methoxy groups -OCH3 is 1. The van der Waals surface area contributed by atoms with Crippen molar-refractivity contribution in [3.8, 4) is 11.3 Å². The number of imidazole rings is 1. The zero-order chi connectivity index (χ0) is 30.0. The largest absolute Gasteiger partial charge is 0.453 e. The minimum Gasteiger partial charge on any atom is -0.453 e. The highest BCUT2D eigenvalue weighted by Crippen LogP contribution is 2.37. The number of anilines is 1. The quantitative estimate of drug-likeness (QED) is 0.278. The van der Waals surface area contributed by atoms with E-state index in [1.807, 2.05) is 17.0 Å². The van der Waals surface area contributed by atoms with Gasteiger partial charge in [-0.25, -0.2) is 18.2 Å². The molecule has 1 aromatic carbocycles. The van der Waals surface area contributed by atoms with Crippen LogP contribution >= 0.6 is 0 Å². The monoisotopic (exact) mass is 601 g/mol. The van der Waals surface area contributed by atoms with Crippen molar-refractivity contribution in [1.82, 2.24) is 29.0 Å². The van der Waals surface area contributed by atoms with Crippen LogP contribution in [0.5, 0.6) is 0 Å². The first-order chi connectivity index (χ1) is 20.0. The van der Waals surface area contributed by atoms with Crippen LogP contribution in [0.3, 0.4) is 0 Å². The van der Waals surface area contributed by atoms with E-state index >= 15 is 0 Å². The number of piperidine rings is 1. The maximum Gasteiger partial charge on any atom is 0.411 e. The minimum atomic E-state index is -3.24. The second-order valence-electron chi connectivity index (χ2n) is 11.1. The average molecular weight is 602 g/mol. The van der Waals surface area contributed by atoms with Gasteiger partial charge in [-0.15, -0.1) is 0 Å². The Bertz CT molecular complexity index is 1400. The number of piperazine rings is 1. The van der Waals surface area contributed by atoms with Crippen molar-refractivity contribution in [2.24, 2.45) is 11.7 Å². The number of nitrogens with one attached hydrogen (secondary N) is 3. The lowest BCUT2D eigenvalue weighted by Crippen LogP contribution is -2.52. The average Bonchev–Trinajstić information content (AvgIpc) is 3.65. The number of likely N-dealkylation sites (tertiary alicyclic amines) is 2. The van der Waals surface area contributed by atoms with Crippen molar-refractivity contribution in [1.29, 1.82) is 5.41 Å². The van der Waals surface area contributed by atoms with Gasteiger partial charge in [-0.2, -0.15) is 4.31 Å². The van der Waals surface area contributed by atoms with Crippen LogP contribution in [-0.2, 0) is 19.6 Å². The van der Waals surface area contributed by atoms with Crippen LogP contribution in [0.15, 0.2) is 30.5 Å². The third kappa shape index (κ3) is 6.52. The lowest BCUT2D eigenvalue weighted by molar-refractivity contribution is -0.138. The van der Waals surface area contributed by atoms with Crippen LogP contribution in [0.1, 0.15) is 31.1 Å². The molecule has 0 saturated carbocycles. The number of aromatic nitrogens is 2. The topological polar surface area (TPSA) is 181 Å². The smallest absolute Gasteiger partial charge is 0.411 e. The van der Waals surface area contributed by atoms with Gasteiger partial charge < -0.3 is 25.3 Å². The van der Waals surface area contributed by atoms with Gasteiger partial charge in [0.1, 0.15) is 5.82 Å². The molecule has 15 heteroatoms. The Kier molecular flexibility index (Phi) is 8.70. The third-order valence-electron chi connectivity index (χ3n) is 8.54. The van der Waals surface area contributed by atoms with Crippen molar-refractivity contribution >= 4 is 33.7 Å². The summed E-state index contributed by atoms with van der Waals surface area (Å²) in [6.07, 6.45) is 4.40. The van der Waals surface area contributed by atoms with E-state index in [0.29, 0.717) is 76.6 Å². The van der Waals surface area contributed by atoms with Crippen LogP contribution in [0.2, 0.25) is 0 Å². The number of amides is 2. The Balaban J connectivity index is 1.33. The van der Waals surface area contributed by atoms with E-state index in [2.05, 4.69) is 19.9 Å². The van der Waals surface area contributed by atoms with Gasteiger partial charge in [-0.05, 0) is 37.0 Å². The molecule has 2 unspecified atom stereocenters. The van der Waals surface area contributed by atoms with Crippen molar-refractivity contribution in [2.45, 2.75) is 31.3 Å². The van der Waals surface area contributed by atoms with Gasteiger partial charge in [0.2, 0.25) is 15.9 Å². The lowest BCUT2D eigenvalue weighted by Gasteiger charge is -2.37. The summed E-state index contributed by atoms with van der Waals surface area (Å²) in [5.41, 5.74) is 7.94. The molecule has 3 aliphatic rings. The van der Waals surface area contributed by atoms with Crippen LogP contribution in [0.25, 0.3) is 11.3 Å². The van der Waals surface area contributed by atoms with Gasteiger partial charge in [-0.1, -0.05) is 12.1 Å². The molecule has 42 heavy (non-hydrogen) atoms. The normalized spacial score (nSPS) is 22.7. The highest BCUT2D eigenvalue weighted by atomic mass is 32.2. The summed E-state index contributed by atoms with van der Waals surface area (Å²) in [6, 6.07) is 7.11. The van der Waals surface area contributed by atoms with Gasteiger partial charge in [0.15, 0.2) is 5.96 Å². The minimum absolute atomic E-state index is 0.0328. The fraction of sp³-hybridized carbons (Fsp3) is 0.556. The van der Waals surface area contributed by atoms with Gasteiger partial charge in [-0.3, -0.25) is 20.4 Å². The van der Waals surface area contributed by atoms with E-state index in [9.17, 15) is 18.0 Å². The van der Waals surface area contributed by atoms with Crippen LogP contribution in [0.4, 0.5) is 10.5 Å². The zero-order valence-corrected chi connectivity index (χ0v) is 24.8. The van der Waals surface area contributed by atoms with Crippen LogP contribution in [-0.4, -0.2) is 121 Å². The molecule has 0 radical (unpaired) electrons. The van der Waals surface area contributed by atoms with E-state index < -0.39 is 16.1 Å². The predicted octanol–water partition coefficient (Wildman–Crippen LogP) is 1.08. The Labute approximate surface area is 245 Å². The molecule has 0 spiro atoms. The van der Waals surface area contributed by atoms with E-state index in [1.54, 1.807) is 23.2 Å². The third-order valence-corrected chi connectivity index (χ3v) is 9.85. The van der Waals surface area contributed by atoms with E-state index in [0.717, 1.165) is 11.3 Å². The molecule has 3 aliphatic heterocycles. The number of carbonyl (C=O) groups is 2. The van der Waals surface area contributed by atoms with E-state index in [1.165, 1.54) is 17.7 Å². The number of benzene rings is 1. The van der Waals surface area contributed by atoms with Crippen molar-refractivity contribution in [3.63, 3.8) is 0 Å². The van der Waals surface area contributed by atoms with E-state index in [-0.39, 0.29) is 29.9 Å². The maximum absolute atomic E-state index is 13.9. The molecule has 0 aliphatic carbocycles. The number of sulfonamides is 1. The SMILES string of the molecule is COC(=O)Nc1ccc(-c2cnc(C3CC(N4CCN(S(C)(=O)=O)CC4)CN3C(=O)C3CCN(C(=N)N)CC3)[nH]2)cc1. The Morgan fingerprint density at radius 2 is 1.76 bits per heavy atom. The lowest BCUT2D eigenvalue weighted by atomic mass is 9.95. The number of hydrogen-bond donors (Lipinski definition) is 4. The Morgan fingerprint density at radius 3 is 2.36 bits per heavy atom. The highest BCUT2D eigenvalue weighted by Gasteiger charge is 2.43. The standard InChI is InChI=1S/C27H39N9O5S/c1-41-27(38)31-20-5-3-18(4-6-20)22-16-30-24(32-22)23-15-21(33-11-13-35(14-12-33)42(2,39)40)17-36(23)25(37)19-7-9-34(10-8-19)26(28)29/h3-6,16,19,21,23H,7-15,17H2,1-2H3,(H3,28,29)(H,30,32)(H,31,38). The molecule has 3 fully saturated rings. The maximum atomic E-state index is 13.9. The summed E-state index contributed by atoms with van der Waals surface area (Å²) in [7, 11) is -1.93. The van der Waals surface area contributed by atoms with Crippen molar-refractivity contribution < 1.29 is 22.7 Å². The van der Waals surface area contributed by atoms with E-state index in [4.69, 9.17) is 16.1 Å². The van der Waals surface area contributed by atoms with Gasteiger partial charge in [0.05, 0.1) is 31.3 Å². The molecular weight excluding hydrogens is 562 g/mol. The number of rotatable bonds is 6. The summed E-state index contributed by atoms with van der Waals surface area (Å²) in [5.74, 6) is 0.656. The molecule has 5 N–H and O–H groups in total. The number of H-pyrrole nitrogens is 1. The first-order valence-corrected chi connectivity index (χ1v) is 16.0. The summed E-state index contributed by atoms with van der Waals surface area (Å²) in [4.78, 5) is 39.6. The van der Waals surface area contributed by atoms with Crippen LogP contribution < -0.4 is 11.1 Å². The number of nitrogens with two attached hydrogens (primary N) is 1. The number of hydrogen-bond acceptors (Lipinski definition) is 8. The molecule has 2 atom stereocenters. The van der Waals surface area contributed by atoms with Crippen molar-refractivity contribution in [3.05, 3.63) is 36.3 Å². The number of carbonyl (C=O) groups excluding carboxylic acids is 2. The fourth-order valence-electron chi connectivity index (χ4n) is 6.14. The Hall–Kier alpha value is -3.69. The summed E-state index contributed by atoms with van der Waals surface area (Å²) < 4.78 is 30.2. The summed E-state index contributed by atoms with van der Waals surface area (Å²) >= 11 is 0. The van der Waals surface area contributed by atoms with Gasteiger partial charge >= 0.3 is 6.09 Å². The second kappa shape index (κ2) is 12.3. The Morgan fingerprint density at radius 1 is 1.10 bits per heavy atom. The predicted molar refractivity (Wildman–Crippen MR) is 157 cm³/mol.